The minimum Gasteiger partial charge on any atom is -0.368 e. The largest absolute Gasteiger partial charge is 0.368 e. The van der Waals surface area contributed by atoms with Gasteiger partial charge in [-0.25, -0.2) is 9.97 Å². The third-order valence-electron chi connectivity index (χ3n) is 7.47. The van der Waals surface area contributed by atoms with Crippen LogP contribution in [0, 0.1) is 6.92 Å². The summed E-state index contributed by atoms with van der Waals surface area (Å²) in [4.78, 5) is 20.3. The Balaban J connectivity index is 1.06. The first-order valence-corrected chi connectivity index (χ1v) is 14.0. The van der Waals surface area contributed by atoms with E-state index in [0.29, 0.717) is 23.0 Å². The number of benzene rings is 3. The fraction of sp³-hybridized carbons (Fsp3) is 0.152. The maximum Gasteiger partial charge on any atom is 0.205 e. The number of H-pyrrole nitrogens is 2. The molecule has 1 saturated heterocycles. The van der Waals surface area contributed by atoms with Crippen molar-refractivity contribution in [1.82, 2.24) is 24.8 Å². The van der Waals surface area contributed by atoms with Crippen molar-refractivity contribution in [3.63, 3.8) is 0 Å². The van der Waals surface area contributed by atoms with E-state index in [1.54, 1.807) is 6.33 Å². The van der Waals surface area contributed by atoms with Crippen LogP contribution in [0.1, 0.15) is 17.0 Å². The Morgan fingerprint density at radius 3 is 2.36 bits per heavy atom. The van der Waals surface area contributed by atoms with Crippen molar-refractivity contribution >= 4 is 45.4 Å². The summed E-state index contributed by atoms with van der Waals surface area (Å²) < 4.78 is 0. The Hall–Kier alpha value is -5.44. The highest BCUT2D eigenvalue weighted by molar-refractivity contribution is 5.85. The Kier molecular flexibility index (Phi) is 7.38. The summed E-state index contributed by atoms with van der Waals surface area (Å²) in [7, 11) is 0. The number of hydrogen-bond acceptors (Lipinski definition) is 7. The zero-order valence-electron chi connectivity index (χ0n) is 23.7. The van der Waals surface area contributed by atoms with E-state index in [0.717, 1.165) is 65.7 Å². The van der Waals surface area contributed by atoms with Gasteiger partial charge in [-0.1, -0.05) is 50.1 Å². The van der Waals surface area contributed by atoms with E-state index in [1.807, 2.05) is 42.5 Å². The molecule has 1 aliphatic heterocycles. The van der Waals surface area contributed by atoms with Crippen molar-refractivity contribution in [1.29, 1.82) is 0 Å². The van der Waals surface area contributed by atoms with E-state index < -0.39 is 0 Å². The van der Waals surface area contributed by atoms with Gasteiger partial charge in [-0.15, -0.1) is 0 Å². The molecule has 42 heavy (non-hydrogen) atoms. The van der Waals surface area contributed by atoms with Crippen LogP contribution < -0.4 is 20.9 Å². The average Bonchev–Trinajstić information content (AvgIpc) is 3.66. The molecule has 1 fully saturated rings. The van der Waals surface area contributed by atoms with Crippen molar-refractivity contribution in [2.24, 2.45) is 0 Å². The Labute approximate surface area is 245 Å². The van der Waals surface area contributed by atoms with Gasteiger partial charge >= 0.3 is 0 Å². The number of fused-ring (bicyclic) bond motifs is 1. The number of aromatic amines is 2. The van der Waals surface area contributed by atoms with Gasteiger partial charge in [-0.3, -0.25) is 0 Å². The fourth-order valence-corrected chi connectivity index (χ4v) is 5.18. The number of hydrogen-bond donors (Lipinski definition) is 5. The third-order valence-corrected chi connectivity index (χ3v) is 7.47. The maximum atomic E-state index is 4.58. The van der Waals surface area contributed by atoms with Gasteiger partial charge in [0.1, 0.15) is 5.69 Å². The number of piperazine rings is 1. The number of anilines is 4. The molecule has 0 spiro atoms. The molecule has 0 radical (unpaired) electrons. The summed E-state index contributed by atoms with van der Waals surface area (Å²) in [6, 6.07) is 24.5. The highest BCUT2D eigenvalue weighted by Gasteiger charge is 2.20. The standard InChI is InChI=1S/C33H35N9/c1-22-20-27(42-18-16-41(17-19-42)25(4)38-26-10-6-5-7-11-26)14-15-28(22)36-23(2)31-32(35-21-34-31)24(3)37-33-39-29-12-8-9-13-30(29)40-33/h5-15,20-21,36,38H,2-4,16-19H2,1H3,(H,34,35)(H2,37,39,40). The lowest BCUT2D eigenvalue weighted by atomic mass is 10.1. The molecule has 3 aromatic carbocycles. The summed E-state index contributed by atoms with van der Waals surface area (Å²) in [6.07, 6.45) is 1.64. The van der Waals surface area contributed by atoms with Crippen LogP contribution >= 0.6 is 0 Å². The lowest BCUT2D eigenvalue weighted by molar-refractivity contribution is 0.326. The van der Waals surface area contributed by atoms with Crippen LogP contribution in [0.3, 0.4) is 0 Å². The number of rotatable bonds is 10. The Morgan fingerprint density at radius 2 is 1.60 bits per heavy atom. The van der Waals surface area contributed by atoms with E-state index in [1.165, 1.54) is 5.69 Å². The average molecular weight is 558 g/mol. The minimum absolute atomic E-state index is 0.615. The highest BCUT2D eigenvalue weighted by atomic mass is 15.3. The monoisotopic (exact) mass is 557 g/mol. The predicted octanol–water partition coefficient (Wildman–Crippen LogP) is 6.47. The number of para-hydroxylation sites is 3. The van der Waals surface area contributed by atoms with Gasteiger partial charge in [0.15, 0.2) is 0 Å². The van der Waals surface area contributed by atoms with Gasteiger partial charge in [0.05, 0.1) is 40.3 Å². The van der Waals surface area contributed by atoms with Crippen LogP contribution in [0.2, 0.25) is 0 Å². The van der Waals surface area contributed by atoms with E-state index >= 15 is 0 Å². The van der Waals surface area contributed by atoms with Crippen LogP contribution in [0.5, 0.6) is 0 Å². The molecule has 3 heterocycles. The Morgan fingerprint density at radius 1 is 0.833 bits per heavy atom. The molecule has 5 N–H and O–H groups in total. The van der Waals surface area contributed by atoms with Crippen molar-refractivity contribution < 1.29 is 0 Å². The summed E-state index contributed by atoms with van der Waals surface area (Å²) in [5, 5.41) is 10.1. The minimum atomic E-state index is 0.615. The quantitative estimate of drug-likeness (QED) is 0.134. The first kappa shape index (κ1) is 26.8. The van der Waals surface area contributed by atoms with Crippen LogP contribution in [0.4, 0.5) is 23.0 Å². The van der Waals surface area contributed by atoms with Gasteiger partial charge in [-0.2, -0.15) is 0 Å². The van der Waals surface area contributed by atoms with Gasteiger partial charge in [0.2, 0.25) is 5.95 Å². The van der Waals surface area contributed by atoms with Crippen LogP contribution in [0.15, 0.2) is 105 Å². The third kappa shape index (κ3) is 5.71. The van der Waals surface area contributed by atoms with E-state index in [2.05, 4.69) is 103 Å². The molecule has 9 nitrogen and oxygen atoms in total. The summed E-state index contributed by atoms with van der Waals surface area (Å²) in [6.45, 7) is 18.5. The molecule has 0 unspecified atom stereocenters. The van der Waals surface area contributed by atoms with Crippen molar-refractivity contribution in [2.75, 3.05) is 47.0 Å². The molecule has 9 heteroatoms. The van der Waals surface area contributed by atoms with Gasteiger partial charge in [0.25, 0.3) is 0 Å². The molecule has 1 aliphatic rings. The molecular weight excluding hydrogens is 522 g/mol. The zero-order chi connectivity index (χ0) is 29.1. The number of aromatic nitrogens is 4. The molecule has 0 amide bonds. The second kappa shape index (κ2) is 11.6. The smallest absolute Gasteiger partial charge is 0.205 e. The molecular formula is C33H35N9. The van der Waals surface area contributed by atoms with Gasteiger partial charge in [0, 0.05) is 43.2 Å². The van der Waals surface area contributed by atoms with E-state index in [9.17, 15) is 0 Å². The number of nitrogens with one attached hydrogen (secondary N) is 5. The van der Waals surface area contributed by atoms with Gasteiger partial charge in [-0.05, 0) is 55.0 Å². The SMILES string of the molecule is C=C(Nc1ccc(N2CCN(C(=C)Nc3ccccc3)CC2)cc1C)c1nc[nH]c1C(=C)Nc1nc2ccccc2[nH]1. The van der Waals surface area contributed by atoms with Crippen LogP contribution in [-0.2, 0) is 0 Å². The summed E-state index contributed by atoms with van der Waals surface area (Å²) in [5.74, 6) is 1.55. The molecule has 5 aromatic rings. The topological polar surface area (TPSA) is 99.9 Å². The maximum absolute atomic E-state index is 4.58. The van der Waals surface area contributed by atoms with Crippen molar-refractivity contribution in [2.45, 2.75) is 6.92 Å². The normalized spacial score (nSPS) is 13.2. The fourth-order valence-electron chi connectivity index (χ4n) is 5.18. The Bertz CT molecular complexity index is 1710. The second-order valence-corrected chi connectivity index (χ2v) is 10.3. The molecule has 0 aliphatic carbocycles. The lowest BCUT2D eigenvalue weighted by Gasteiger charge is -2.38. The molecule has 212 valence electrons. The number of nitrogens with zero attached hydrogens (tertiary/aromatic N) is 4. The van der Waals surface area contributed by atoms with E-state index in [4.69, 9.17) is 0 Å². The second-order valence-electron chi connectivity index (χ2n) is 10.3. The van der Waals surface area contributed by atoms with Crippen molar-refractivity contribution in [3.8, 4) is 0 Å². The van der Waals surface area contributed by atoms with E-state index in [-0.39, 0.29) is 0 Å². The summed E-state index contributed by atoms with van der Waals surface area (Å²) in [5.41, 5.74) is 8.94. The number of aryl methyl sites for hydroxylation is 1. The first-order valence-electron chi connectivity index (χ1n) is 14.0. The molecule has 0 saturated carbocycles. The summed E-state index contributed by atoms with van der Waals surface area (Å²) >= 11 is 0. The highest BCUT2D eigenvalue weighted by Crippen LogP contribution is 2.28. The predicted molar refractivity (Wildman–Crippen MR) is 174 cm³/mol. The molecule has 0 atom stereocenters. The van der Waals surface area contributed by atoms with Crippen LogP contribution in [-0.4, -0.2) is 51.0 Å². The molecule has 6 rings (SSSR count). The van der Waals surface area contributed by atoms with Gasteiger partial charge < -0.3 is 35.7 Å². The van der Waals surface area contributed by atoms with Crippen LogP contribution in [0.25, 0.3) is 22.4 Å². The molecule has 2 aromatic heterocycles. The first-order chi connectivity index (χ1) is 20.4. The van der Waals surface area contributed by atoms with Crippen molar-refractivity contribution in [3.05, 3.63) is 122 Å². The number of imidazole rings is 2. The zero-order valence-corrected chi connectivity index (χ0v) is 23.7. The molecule has 0 bridgehead atoms. The lowest BCUT2D eigenvalue weighted by Crippen LogP contribution is -2.46.